The Balaban J connectivity index is 1.31. The van der Waals surface area contributed by atoms with E-state index in [9.17, 15) is 0 Å². The third-order valence-corrected chi connectivity index (χ3v) is 6.10. The molecule has 0 saturated carbocycles. The maximum absolute atomic E-state index is 6.25. The number of benzene rings is 2. The van der Waals surface area contributed by atoms with E-state index >= 15 is 0 Å². The van der Waals surface area contributed by atoms with Crippen molar-refractivity contribution in [3.63, 3.8) is 0 Å². The number of anilines is 1. The molecule has 156 valence electrons. The molecular formula is C23H23N7O. The molecular weight excluding hydrogens is 390 g/mol. The molecule has 0 unspecified atom stereocenters. The quantitative estimate of drug-likeness (QED) is 0.538. The van der Waals surface area contributed by atoms with Gasteiger partial charge in [-0.2, -0.15) is 4.79 Å². The number of nitrogens with two attached hydrogens (primary N) is 1. The first-order chi connectivity index (χ1) is 15.3. The van der Waals surface area contributed by atoms with Crippen LogP contribution >= 0.6 is 0 Å². The molecule has 2 aliphatic heterocycles. The highest BCUT2D eigenvalue weighted by Crippen LogP contribution is 2.33. The Hall–Kier alpha value is -3.65. The zero-order chi connectivity index (χ0) is 20.8. The van der Waals surface area contributed by atoms with Gasteiger partial charge in [0.15, 0.2) is 5.65 Å². The first kappa shape index (κ1) is 18.1. The molecule has 31 heavy (non-hydrogen) atoms. The summed E-state index contributed by atoms with van der Waals surface area (Å²) in [7, 11) is 0. The number of hydrogen-bond donors (Lipinski definition) is 1. The molecule has 8 nitrogen and oxygen atoms in total. The smallest absolute Gasteiger partial charge is 0.186 e. The summed E-state index contributed by atoms with van der Waals surface area (Å²) in [5, 5.41) is 7.89. The first-order valence-corrected chi connectivity index (χ1v) is 10.6. The van der Waals surface area contributed by atoms with Gasteiger partial charge in [-0.1, -0.05) is 18.2 Å². The SMILES string of the molecule is Nc1ncnc2c1c(-c1ccc(Oc3ccccc3)cc1)nn2N1CC(N2CCC2)C1. The van der Waals surface area contributed by atoms with Crippen molar-refractivity contribution in [1.82, 2.24) is 24.8 Å². The number of para-hydroxylation sites is 1. The highest BCUT2D eigenvalue weighted by atomic mass is 16.5. The van der Waals surface area contributed by atoms with Gasteiger partial charge in [0.2, 0.25) is 0 Å². The average Bonchev–Trinajstić information content (AvgIpc) is 3.11. The number of fused-ring (bicyclic) bond motifs is 1. The summed E-state index contributed by atoms with van der Waals surface area (Å²) in [6.07, 6.45) is 2.81. The van der Waals surface area contributed by atoms with Crippen molar-refractivity contribution in [2.24, 2.45) is 0 Å². The van der Waals surface area contributed by atoms with Crippen LogP contribution < -0.4 is 15.5 Å². The number of likely N-dealkylation sites (tertiary alicyclic amines) is 1. The summed E-state index contributed by atoms with van der Waals surface area (Å²) >= 11 is 0. The number of nitrogen functional groups attached to an aromatic ring is 1. The van der Waals surface area contributed by atoms with Gasteiger partial charge in [0, 0.05) is 11.6 Å². The molecule has 0 atom stereocenters. The van der Waals surface area contributed by atoms with E-state index in [1.54, 1.807) is 0 Å². The van der Waals surface area contributed by atoms with Crippen LogP contribution in [-0.4, -0.2) is 57.0 Å². The van der Waals surface area contributed by atoms with Crippen LogP contribution in [0.15, 0.2) is 60.9 Å². The van der Waals surface area contributed by atoms with Crippen LogP contribution in [0.2, 0.25) is 0 Å². The molecule has 2 aromatic heterocycles. The normalized spacial score (nSPS) is 16.8. The fraction of sp³-hybridized carbons (Fsp3) is 0.261. The second-order valence-electron chi connectivity index (χ2n) is 8.05. The van der Waals surface area contributed by atoms with Crippen molar-refractivity contribution < 1.29 is 4.74 Å². The molecule has 4 heterocycles. The van der Waals surface area contributed by atoms with Gasteiger partial charge in [0.1, 0.15) is 29.3 Å². The zero-order valence-corrected chi connectivity index (χ0v) is 17.1. The first-order valence-electron chi connectivity index (χ1n) is 10.6. The molecule has 6 rings (SSSR count). The maximum Gasteiger partial charge on any atom is 0.186 e. The van der Waals surface area contributed by atoms with Crippen molar-refractivity contribution in [3.05, 3.63) is 60.9 Å². The summed E-state index contributed by atoms with van der Waals surface area (Å²) in [6, 6.07) is 18.2. The lowest BCUT2D eigenvalue weighted by molar-refractivity contribution is 0.0838. The maximum atomic E-state index is 6.25. The Morgan fingerprint density at radius 3 is 2.35 bits per heavy atom. The lowest BCUT2D eigenvalue weighted by atomic mass is 10.1. The molecule has 0 spiro atoms. The van der Waals surface area contributed by atoms with Crippen LogP contribution in [0.1, 0.15) is 6.42 Å². The zero-order valence-electron chi connectivity index (χ0n) is 17.1. The number of nitrogens with zero attached hydrogens (tertiary/aromatic N) is 6. The van der Waals surface area contributed by atoms with E-state index in [1.807, 2.05) is 59.4 Å². The highest BCUT2D eigenvalue weighted by Gasteiger charge is 2.36. The van der Waals surface area contributed by atoms with E-state index in [-0.39, 0.29) is 0 Å². The fourth-order valence-corrected chi connectivity index (χ4v) is 4.19. The van der Waals surface area contributed by atoms with E-state index < -0.39 is 0 Å². The molecule has 2 fully saturated rings. The number of aromatic nitrogens is 4. The minimum atomic E-state index is 0.440. The molecule has 0 aliphatic carbocycles. The van der Waals surface area contributed by atoms with Crippen LogP contribution in [0, 0.1) is 0 Å². The lowest BCUT2D eigenvalue weighted by Gasteiger charge is -2.49. The van der Waals surface area contributed by atoms with Crippen LogP contribution in [0.4, 0.5) is 5.82 Å². The number of ether oxygens (including phenoxy) is 1. The second kappa shape index (κ2) is 7.24. The van der Waals surface area contributed by atoms with Crippen molar-refractivity contribution in [2.75, 3.05) is 36.9 Å². The summed E-state index contributed by atoms with van der Waals surface area (Å²) < 4.78 is 5.91. The predicted octanol–water partition coefficient (Wildman–Crippen LogP) is 2.89. The van der Waals surface area contributed by atoms with Gasteiger partial charge in [-0.3, -0.25) is 9.91 Å². The third kappa shape index (κ3) is 3.16. The Bertz CT molecular complexity index is 1210. The summed E-state index contributed by atoms with van der Waals surface area (Å²) in [6.45, 7) is 4.31. The predicted molar refractivity (Wildman–Crippen MR) is 120 cm³/mol. The van der Waals surface area contributed by atoms with Crippen LogP contribution in [0.25, 0.3) is 22.3 Å². The van der Waals surface area contributed by atoms with Gasteiger partial charge in [0.25, 0.3) is 0 Å². The van der Waals surface area contributed by atoms with Crippen molar-refractivity contribution in [2.45, 2.75) is 12.5 Å². The molecule has 2 aliphatic rings. The molecule has 0 radical (unpaired) electrons. The minimum absolute atomic E-state index is 0.440. The largest absolute Gasteiger partial charge is 0.457 e. The standard InChI is InChI=1S/C23H23N7O/c24-22-20-21(16-7-9-19(10-8-16)31-18-5-2-1-3-6-18)27-30(23(20)26-15-25-22)29-13-17(14-29)28-11-4-12-28/h1-3,5-10,15,17H,4,11-14H2,(H2,24,25,26). The Morgan fingerprint density at radius 2 is 1.65 bits per heavy atom. The van der Waals surface area contributed by atoms with Gasteiger partial charge in [-0.15, -0.1) is 5.10 Å². The van der Waals surface area contributed by atoms with E-state index in [0.29, 0.717) is 11.9 Å². The van der Waals surface area contributed by atoms with Gasteiger partial charge in [-0.25, -0.2) is 9.97 Å². The van der Waals surface area contributed by atoms with E-state index in [4.69, 9.17) is 15.6 Å². The summed E-state index contributed by atoms with van der Waals surface area (Å²) in [4.78, 5) is 13.1. The Labute approximate surface area is 179 Å². The molecule has 0 bridgehead atoms. The summed E-state index contributed by atoms with van der Waals surface area (Å²) in [5.41, 5.74) is 8.73. The van der Waals surface area contributed by atoms with Crippen LogP contribution in [0.5, 0.6) is 11.5 Å². The number of rotatable bonds is 5. The molecule has 8 heteroatoms. The molecule has 2 aromatic carbocycles. The van der Waals surface area contributed by atoms with E-state index in [1.165, 1.54) is 25.8 Å². The summed E-state index contributed by atoms with van der Waals surface area (Å²) in [5.74, 6) is 2.01. The van der Waals surface area contributed by atoms with Crippen molar-refractivity contribution >= 4 is 16.9 Å². The molecule has 2 N–H and O–H groups in total. The highest BCUT2D eigenvalue weighted by molar-refractivity contribution is 5.98. The second-order valence-corrected chi connectivity index (χ2v) is 8.05. The van der Waals surface area contributed by atoms with Crippen molar-refractivity contribution in [1.29, 1.82) is 0 Å². The van der Waals surface area contributed by atoms with Gasteiger partial charge >= 0.3 is 0 Å². The lowest BCUT2D eigenvalue weighted by Crippen LogP contribution is -2.66. The Kier molecular flexibility index (Phi) is 4.24. The monoisotopic (exact) mass is 413 g/mol. The van der Waals surface area contributed by atoms with E-state index in [2.05, 4.69) is 19.9 Å². The van der Waals surface area contributed by atoms with Gasteiger partial charge < -0.3 is 10.5 Å². The van der Waals surface area contributed by atoms with Crippen molar-refractivity contribution in [3.8, 4) is 22.8 Å². The number of hydrogen-bond acceptors (Lipinski definition) is 7. The Morgan fingerprint density at radius 1 is 0.903 bits per heavy atom. The third-order valence-electron chi connectivity index (χ3n) is 6.10. The molecule has 4 aromatic rings. The van der Waals surface area contributed by atoms with Gasteiger partial charge in [-0.05, 0) is 55.9 Å². The molecule has 2 saturated heterocycles. The van der Waals surface area contributed by atoms with Gasteiger partial charge in [0.05, 0.1) is 18.5 Å². The average molecular weight is 413 g/mol. The minimum Gasteiger partial charge on any atom is -0.457 e. The molecule has 0 amide bonds. The topological polar surface area (TPSA) is 85.3 Å². The van der Waals surface area contributed by atoms with Crippen LogP contribution in [0.3, 0.4) is 0 Å². The van der Waals surface area contributed by atoms with Crippen LogP contribution in [-0.2, 0) is 0 Å². The van der Waals surface area contributed by atoms with E-state index in [0.717, 1.165) is 46.9 Å². The fourth-order valence-electron chi connectivity index (χ4n) is 4.19.